The zero-order valence-corrected chi connectivity index (χ0v) is 41.2. The number of rotatable bonds is 4. The first kappa shape index (κ1) is 41.3. The minimum absolute atomic E-state index is 1.13. The summed E-state index contributed by atoms with van der Waals surface area (Å²) in [4.78, 5) is 0. The number of hydrogen-bond donors (Lipinski definition) is 0. The van der Waals surface area contributed by atoms with Gasteiger partial charge in [0.25, 0.3) is 0 Å². The van der Waals surface area contributed by atoms with Crippen LogP contribution in [0.4, 0.5) is 0 Å². The van der Waals surface area contributed by atoms with E-state index < -0.39 is 0 Å². The molecule has 0 atom stereocenters. The van der Waals surface area contributed by atoms with E-state index in [0.717, 1.165) is 22.7 Å². The Morgan fingerprint density at radius 2 is 0.289 bits per heavy atom. The van der Waals surface area contributed by atoms with Gasteiger partial charge in [-0.15, -0.1) is 0 Å². The Labute approximate surface area is 437 Å². The fraction of sp³-hybridized carbons (Fsp3) is 0. The van der Waals surface area contributed by atoms with Gasteiger partial charge in [0.1, 0.15) is 0 Å². The molecule has 0 N–H and O–H groups in total. The Morgan fingerprint density at radius 3 is 0.434 bits per heavy atom. The highest BCUT2D eigenvalue weighted by Crippen LogP contribution is 2.44. The van der Waals surface area contributed by atoms with E-state index >= 15 is 0 Å². The Balaban J connectivity index is 0.988. The summed E-state index contributed by atoms with van der Waals surface area (Å²) >= 11 is 0. The number of hydrogen-bond acceptors (Lipinski definition) is 0. The predicted octanol–water partition coefficient (Wildman–Crippen LogP) is 19.1. The number of benzene rings is 12. The number of nitrogens with zero attached hydrogens (tertiary/aromatic N) is 4. The molecule has 12 aromatic carbocycles. The molecule has 0 saturated carbocycles. The van der Waals surface area contributed by atoms with Gasteiger partial charge >= 0.3 is 0 Å². The molecular formula is C72H44N4. The summed E-state index contributed by atoms with van der Waals surface area (Å²) in [5, 5.41) is 9.82. The van der Waals surface area contributed by atoms with Crippen LogP contribution in [0.3, 0.4) is 0 Å². The molecule has 16 aromatic rings. The minimum Gasteiger partial charge on any atom is -0.309 e. The highest BCUT2D eigenvalue weighted by atomic mass is 15.0. The second-order valence-corrected chi connectivity index (χ2v) is 20.5. The maximum atomic E-state index is 2.46. The van der Waals surface area contributed by atoms with Gasteiger partial charge < -0.3 is 18.3 Å². The lowest BCUT2D eigenvalue weighted by Crippen LogP contribution is -1.95. The molecule has 0 radical (unpaired) electrons. The van der Waals surface area contributed by atoms with Crippen LogP contribution in [0.15, 0.2) is 267 Å². The van der Waals surface area contributed by atoms with Gasteiger partial charge in [-0.1, -0.05) is 170 Å². The summed E-state index contributed by atoms with van der Waals surface area (Å²) in [5.74, 6) is 0. The molecule has 1 aliphatic rings. The van der Waals surface area contributed by atoms with Crippen LogP contribution in [0.25, 0.3) is 154 Å². The smallest absolute Gasteiger partial charge is 0.0547 e. The van der Waals surface area contributed by atoms with Crippen LogP contribution in [-0.4, -0.2) is 18.3 Å². The minimum atomic E-state index is 1.13. The van der Waals surface area contributed by atoms with E-state index in [2.05, 4.69) is 285 Å². The van der Waals surface area contributed by atoms with E-state index in [1.165, 1.54) is 132 Å². The van der Waals surface area contributed by atoms with Gasteiger partial charge in [0.05, 0.1) is 44.1 Å². The molecule has 17 rings (SSSR count). The van der Waals surface area contributed by atoms with Crippen molar-refractivity contribution in [2.45, 2.75) is 0 Å². The third kappa shape index (κ3) is 5.95. The molecule has 0 amide bonds. The summed E-state index contributed by atoms with van der Waals surface area (Å²) in [6, 6.07) is 99.7. The Bertz CT molecular complexity index is 4190. The largest absolute Gasteiger partial charge is 0.309 e. The van der Waals surface area contributed by atoms with Gasteiger partial charge in [-0.05, 0) is 142 Å². The summed E-state index contributed by atoms with van der Waals surface area (Å²) < 4.78 is 9.84. The molecule has 4 nitrogen and oxygen atoms in total. The van der Waals surface area contributed by atoms with Gasteiger partial charge in [-0.3, -0.25) is 0 Å². The molecule has 0 unspecified atom stereocenters. The summed E-state index contributed by atoms with van der Waals surface area (Å²) in [6.07, 6.45) is 0. The van der Waals surface area contributed by atoms with Gasteiger partial charge in [0, 0.05) is 65.8 Å². The Kier molecular flexibility index (Phi) is 8.52. The van der Waals surface area contributed by atoms with Crippen molar-refractivity contribution in [1.82, 2.24) is 18.3 Å². The monoisotopic (exact) mass is 964 g/mol. The molecule has 4 heteroatoms. The third-order valence-corrected chi connectivity index (χ3v) is 16.5. The lowest BCUT2D eigenvalue weighted by molar-refractivity contribution is 1.18. The van der Waals surface area contributed by atoms with Crippen molar-refractivity contribution in [3.63, 3.8) is 0 Å². The van der Waals surface area contributed by atoms with Crippen molar-refractivity contribution < 1.29 is 0 Å². The van der Waals surface area contributed by atoms with E-state index in [4.69, 9.17) is 0 Å². The lowest BCUT2D eigenvalue weighted by Gasteiger charge is -2.12. The topological polar surface area (TPSA) is 19.7 Å². The number of para-hydroxylation sites is 4. The highest BCUT2D eigenvalue weighted by Gasteiger charge is 2.21. The summed E-state index contributed by atoms with van der Waals surface area (Å²) in [6.45, 7) is 0. The van der Waals surface area contributed by atoms with E-state index in [1.807, 2.05) is 0 Å². The second-order valence-electron chi connectivity index (χ2n) is 20.5. The summed E-state index contributed by atoms with van der Waals surface area (Å²) in [7, 11) is 0. The van der Waals surface area contributed by atoms with Crippen LogP contribution in [0.2, 0.25) is 0 Å². The van der Waals surface area contributed by atoms with Gasteiger partial charge in [-0.2, -0.15) is 0 Å². The van der Waals surface area contributed by atoms with Crippen molar-refractivity contribution in [3.05, 3.63) is 267 Å². The van der Waals surface area contributed by atoms with Gasteiger partial charge in [-0.25, -0.2) is 0 Å². The van der Waals surface area contributed by atoms with Crippen LogP contribution in [0.1, 0.15) is 0 Å². The van der Waals surface area contributed by atoms with E-state index in [9.17, 15) is 0 Å². The molecule has 0 spiro atoms. The third-order valence-electron chi connectivity index (χ3n) is 16.5. The van der Waals surface area contributed by atoms with Crippen molar-refractivity contribution >= 4 is 87.2 Å². The molecule has 352 valence electrons. The molecule has 76 heavy (non-hydrogen) atoms. The van der Waals surface area contributed by atoms with Crippen LogP contribution >= 0.6 is 0 Å². The fourth-order valence-electron chi connectivity index (χ4n) is 12.9. The SMILES string of the molecule is c1ccc(-n2c3cc4ccc3c3ccc(cc32)-c2ccc3c5ccc(cc5n(-c5ccccc5)c3c2)-c2ccc3c5ccc(cc5n(-c5ccccc5)c3c2)-c2ccc3c5ccc-4cc5n(-c4ccccc4)c3c2)cc1. The van der Waals surface area contributed by atoms with Crippen LogP contribution in [-0.2, 0) is 0 Å². The molecule has 5 heterocycles. The van der Waals surface area contributed by atoms with Crippen molar-refractivity contribution in [3.8, 4) is 67.3 Å². The highest BCUT2D eigenvalue weighted by molar-refractivity contribution is 6.16. The Morgan fingerprint density at radius 1 is 0.145 bits per heavy atom. The maximum absolute atomic E-state index is 2.46. The second kappa shape index (κ2) is 15.7. The zero-order valence-electron chi connectivity index (χ0n) is 41.2. The van der Waals surface area contributed by atoms with E-state index in [-0.39, 0.29) is 0 Å². The van der Waals surface area contributed by atoms with Gasteiger partial charge in [0.2, 0.25) is 0 Å². The maximum Gasteiger partial charge on any atom is 0.0547 e. The molecule has 0 aliphatic carbocycles. The van der Waals surface area contributed by atoms with Crippen LogP contribution < -0.4 is 0 Å². The Hall–Kier alpha value is -10.2. The zero-order chi connectivity index (χ0) is 49.6. The van der Waals surface area contributed by atoms with Crippen LogP contribution in [0.5, 0.6) is 0 Å². The van der Waals surface area contributed by atoms with Crippen molar-refractivity contribution in [2.75, 3.05) is 0 Å². The molecular weight excluding hydrogens is 921 g/mol. The molecule has 1 aliphatic heterocycles. The normalized spacial score (nSPS) is 12.2. The average molecular weight is 965 g/mol. The van der Waals surface area contributed by atoms with Gasteiger partial charge in [0.15, 0.2) is 0 Å². The first-order valence-electron chi connectivity index (χ1n) is 26.2. The standard InChI is InChI=1S/C72H44N4/c1-5-13-53(14-6-1)73-65-37-45-21-29-57(65)58-30-22-46(38-66(58)73)48-24-32-60-62-34-26-50(42-70(62)75(68(60)40-48)55-17-9-3-10-18-55)52-28-36-64-63-35-27-51(43-71(63)76(72(64)44-52)56-19-11-4-12-20-56)49-25-33-61-59-31-23-47(45)39-67(59)74(69(61)41-49)54-15-7-2-8-16-54/h1-44H. The molecule has 4 aromatic heterocycles. The van der Waals surface area contributed by atoms with E-state index in [0.29, 0.717) is 0 Å². The number of aromatic nitrogens is 4. The van der Waals surface area contributed by atoms with Crippen LogP contribution in [0, 0.1) is 0 Å². The lowest BCUT2D eigenvalue weighted by atomic mass is 9.99. The quantitative estimate of drug-likeness (QED) is 0.167. The number of fused-ring (bicyclic) bond motifs is 16. The van der Waals surface area contributed by atoms with Crippen molar-refractivity contribution in [1.29, 1.82) is 0 Å². The fourth-order valence-corrected chi connectivity index (χ4v) is 12.9. The van der Waals surface area contributed by atoms with E-state index in [1.54, 1.807) is 0 Å². The molecule has 16 bridgehead atoms. The predicted molar refractivity (Wildman–Crippen MR) is 319 cm³/mol. The first-order chi connectivity index (χ1) is 37.7. The van der Waals surface area contributed by atoms with Crippen molar-refractivity contribution in [2.24, 2.45) is 0 Å². The first-order valence-corrected chi connectivity index (χ1v) is 26.2. The molecule has 0 fully saturated rings. The summed E-state index contributed by atoms with van der Waals surface area (Å²) in [5.41, 5.74) is 23.3. The molecule has 0 saturated heterocycles. The average Bonchev–Trinajstić information content (AvgIpc) is 4.21.